The Morgan fingerprint density at radius 3 is 3.57 bits per heavy atom. The zero-order valence-corrected chi connectivity index (χ0v) is 3.94. The van der Waals surface area contributed by atoms with Crippen molar-refractivity contribution in [3.63, 3.8) is 0 Å². The fourth-order valence-electron chi connectivity index (χ4n) is 0.387. The largest absolute Gasteiger partial charge is 0.319 e. The summed E-state index contributed by atoms with van der Waals surface area (Å²) >= 11 is 0. The van der Waals surface area contributed by atoms with Crippen molar-refractivity contribution in [2.24, 2.45) is 0 Å². The SMILES string of the molecule is [C]1=CC=CCNN1. The molecule has 0 spiro atoms. The molecule has 1 aliphatic rings. The van der Waals surface area contributed by atoms with Gasteiger partial charge < -0.3 is 5.43 Å². The van der Waals surface area contributed by atoms with Gasteiger partial charge in [-0.3, -0.25) is 0 Å². The van der Waals surface area contributed by atoms with Crippen LogP contribution in [-0.2, 0) is 0 Å². The minimum absolute atomic E-state index is 0.865. The maximum Gasteiger partial charge on any atom is 0.0733 e. The topological polar surface area (TPSA) is 24.1 Å². The number of hydrogen-bond donors (Lipinski definition) is 2. The summed E-state index contributed by atoms with van der Waals surface area (Å²) in [6.07, 6.45) is 8.54. The summed E-state index contributed by atoms with van der Waals surface area (Å²) in [5, 5.41) is 0. The van der Waals surface area contributed by atoms with Crippen LogP contribution in [0.5, 0.6) is 0 Å². The smallest absolute Gasteiger partial charge is 0.0733 e. The summed E-state index contributed by atoms with van der Waals surface area (Å²) in [6, 6.07) is 0. The molecule has 0 aromatic heterocycles. The van der Waals surface area contributed by atoms with E-state index in [9.17, 15) is 0 Å². The molecule has 0 saturated carbocycles. The van der Waals surface area contributed by atoms with E-state index in [4.69, 9.17) is 0 Å². The lowest BCUT2D eigenvalue weighted by Crippen LogP contribution is -2.25. The highest BCUT2D eigenvalue weighted by Gasteiger charge is 1.76. The molecule has 0 amide bonds. The molecule has 2 N–H and O–H groups in total. The molecule has 2 nitrogen and oxygen atoms in total. The molecule has 0 fully saturated rings. The highest BCUT2D eigenvalue weighted by molar-refractivity contribution is 5.00. The third-order valence-electron chi connectivity index (χ3n) is 0.696. The maximum absolute atomic E-state index is 2.87. The molecule has 1 heterocycles. The van der Waals surface area contributed by atoms with Gasteiger partial charge in [0.05, 0.1) is 6.20 Å². The van der Waals surface area contributed by atoms with Crippen LogP contribution in [0.1, 0.15) is 0 Å². The fraction of sp³-hybridized carbons (Fsp3) is 0.200. The summed E-state index contributed by atoms with van der Waals surface area (Å²) in [7, 11) is 0. The van der Waals surface area contributed by atoms with Crippen LogP contribution in [0.15, 0.2) is 18.2 Å². The molecule has 0 atom stereocenters. The number of hydrazine groups is 1. The second kappa shape index (κ2) is 2.42. The van der Waals surface area contributed by atoms with Crippen LogP contribution in [0, 0.1) is 6.20 Å². The zero-order chi connectivity index (χ0) is 4.95. The van der Waals surface area contributed by atoms with Gasteiger partial charge in [-0.25, -0.2) is 5.43 Å². The summed E-state index contributed by atoms with van der Waals surface area (Å²) < 4.78 is 0. The van der Waals surface area contributed by atoms with Gasteiger partial charge in [0.1, 0.15) is 0 Å². The average Bonchev–Trinajstić information content (AvgIpc) is 1.90. The number of hydrogen-bond acceptors (Lipinski definition) is 2. The predicted molar refractivity (Wildman–Crippen MR) is 28.1 cm³/mol. The van der Waals surface area contributed by atoms with Gasteiger partial charge in [0.15, 0.2) is 0 Å². The molecule has 1 aliphatic heterocycles. The molecule has 2 heteroatoms. The highest BCUT2D eigenvalue weighted by atomic mass is 15.3. The third kappa shape index (κ3) is 1.41. The van der Waals surface area contributed by atoms with Crippen molar-refractivity contribution in [3.05, 3.63) is 24.4 Å². The maximum atomic E-state index is 2.87. The first kappa shape index (κ1) is 4.40. The number of nitrogens with one attached hydrogen (secondary N) is 2. The molecule has 0 aliphatic carbocycles. The van der Waals surface area contributed by atoms with E-state index in [0.717, 1.165) is 6.54 Å². The van der Waals surface area contributed by atoms with Crippen LogP contribution in [0.2, 0.25) is 0 Å². The predicted octanol–water partition coefficient (Wildman–Crippen LogP) is -0.0327. The van der Waals surface area contributed by atoms with E-state index in [2.05, 4.69) is 17.1 Å². The van der Waals surface area contributed by atoms with E-state index in [1.165, 1.54) is 0 Å². The van der Waals surface area contributed by atoms with Gasteiger partial charge in [0.25, 0.3) is 0 Å². The van der Waals surface area contributed by atoms with E-state index in [1.807, 2.05) is 18.2 Å². The lowest BCUT2D eigenvalue weighted by atomic mass is 10.5. The molecule has 0 aromatic rings. The second-order valence-electron chi connectivity index (χ2n) is 1.25. The molecule has 1 radical (unpaired) electrons. The Labute approximate surface area is 42.9 Å². The number of rotatable bonds is 0. The minimum Gasteiger partial charge on any atom is -0.319 e. The Bertz CT molecular complexity index is 82.3. The lowest BCUT2D eigenvalue weighted by molar-refractivity contribution is 0.672. The Balaban J connectivity index is 2.39. The standard InChI is InChI=1S/C5H7N2/c1-2-4-6-7-5-3-1/h1-3,6-7H,4H2. The monoisotopic (exact) mass is 95.1 g/mol. The Morgan fingerprint density at radius 2 is 2.57 bits per heavy atom. The first-order valence-corrected chi connectivity index (χ1v) is 2.22. The Morgan fingerprint density at radius 1 is 1.57 bits per heavy atom. The van der Waals surface area contributed by atoms with E-state index in [0.29, 0.717) is 0 Å². The summed E-state index contributed by atoms with van der Waals surface area (Å²) in [4.78, 5) is 0. The Hall–Kier alpha value is -0.760. The first-order valence-electron chi connectivity index (χ1n) is 2.22. The van der Waals surface area contributed by atoms with Crippen LogP contribution in [0.25, 0.3) is 0 Å². The molecular formula is C5H7N2. The molecule has 0 unspecified atom stereocenters. The molecule has 0 aromatic carbocycles. The van der Waals surface area contributed by atoms with Crippen molar-refractivity contribution >= 4 is 0 Å². The normalized spacial score (nSPS) is 18.3. The van der Waals surface area contributed by atoms with Gasteiger partial charge in [0, 0.05) is 6.54 Å². The quantitative estimate of drug-likeness (QED) is 0.441. The Kier molecular flexibility index (Phi) is 1.52. The molecule has 0 bridgehead atoms. The van der Waals surface area contributed by atoms with E-state index in [-0.39, 0.29) is 0 Å². The molecule has 0 saturated heterocycles. The number of allylic oxidation sites excluding steroid dienone is 2. The van der Waals surface area contributed by atoms with Crippen molar-refractivity contribution in [2.45, 2.75) is 0 Å². The van der Waals surface area contributed by atoms with Gasteiger partial charge in [-0.2, -0.15) is 0 Å². The van der Waals surface area contributed by atoms with Crippen LogP contribution in [0.4, 0.5) is 0 Å². The van der Waals surface area contributed by atoms with E-state index >= 15 is 0 Å². The van der Waals surface area contributed by atoms with Crippen molar-refractivity contribution in [2.75, 3.05) is 6.54 Å². The average molecular weight is 95.1 g/mol. The highest BCUT2D eigenvalue weighted by Crippen LogP contribution is 1.74. The first-order chi connectivity index (χ1) is 3.50. The third-order valence-corrected chi connectivity index (χ3v) is 0.696. The van der Waals surface area contributed by atoms with Gasteiger partial charge in [-0.1, -0.05) is 12.2 Å². The van der Waals surface area contributed by atoms with Crippen LogP contribution in [0.3, 0.4) is 0 Å². The van der Waals surface area contributed by atoms with Crippen LogP contribution < -0.4 is 10.9 Å². The van der Waals surface area contributed by atoms with Gasteiger partial charge in [-0.05, 0) is 6.08 Å². The summed E-state index contributed by atoms with van der Waals surface area (Å²) in [5.74, 6) is 0. The van der Waals surface area contributed by atoms with Crippen molar-refractivity contribution in [1.29, 1.82) is 0 Å². The minimum atomic E-state index is 0.865. The van der Waals surface area contributed by atoms with E-state index in [1.54, 1.807) is 0 Å². The van der Waals surface area contributed by atoms with E-state index < -0.39 is 0 Å². The van der Waals surface area contributed by atoms with Crippen molar-refractivity contribution < 1.29 is 0 Å². The molecule has 1 rings (SSSR count). The van der Waals surface area contributed by atoms with Gasteiger partial charge in [0.2, 0.25) is 0 Å². The lowest BCUT2D eigenvalue weighted by Gasteiger charge is -1.92. The van der Waals surface area contributed by atoms with Gasteiger partial charge >= 0.3 is 0 Å². The summed E-state index contributed by atoms with van der Waals surface area (Å²) in [5.41, 5.74) is 5.60. The second-order valence-corrected chi connectivity index (χ2v) is 1.25. The summed E-state index contributed by atoms with van der Waals surface area (Å²) in [6.45, 7) is 0.865. The van der Waals surface area contributed by atoms with Gasteiger partial charge in [-0.15, -0.1) is 0 Å². The van der Waals surface area contributed by atoms with Crippen LogP contribution >= 0.6 is 0 Å². The van der Waals surface area contributed by atoms with Crippen molar-refractivity contribution in [3.8, 4) is 0 Å². The van der Waals surface area contributed by atoms with Crippen LogP contribution in [-0.4, -0.2) is 6.54 Å². The molecule has 37 valence electrons. The molecule has 7 heavy (non-hydrogen) atoms. The fourth-order valence-corrected chi connectivity index (χ4v) is 0.387. The molecular weight excluding hydrogens is 88.1 g/mol. The van der Waals surface area contributed by atoms with Crippen molar-refractivity contribution in [1.82, 2.24) is 10.9 Å². The zero-order valence-electron chi connectivity index (χ0n) is 3.94.